The second-order valence-electron chi connectivity index (χ2n) is 6.45. The summed E-state index contributed by atoms with van der Waals surface area (Å²) < 4.78 is 44.0. The summed E-state index contributed by atoms with van der Waals surface area (Å²) in [5, 5.41) is 2.86. The molecule has 1 saturated carbocycles. The van der Waals surface area contributed by atoms with Gasteiger partial charge in [-0.25, -0.2) is 17.5 Å². The number of carbonyl (C=O) groups is 1. The van der Waals surface area contributed by atoms with Gasteiger partial charge in [0.25, 0.3) is 0 Å². The highest BCUT2D eigenvalue weighted by Gasteiger charge is 2.35. The van der Waals surface area contributed by atoms with Crippen LogP contribution in [-0.4, -0.2) is 46.4 Å². The van der Waals surface area contributed by atoms with E-state index in [1.165, 1.54) is 12.1 Å². The molecule has 0 bridgehead atoms. The van der Waals surface area contributed by atoms with Gasteiger partial charge >= 0.3 is 0 Å². The van der Waals surface area contributed by atoms with E-state index in [1.54, 1.807) is 13.2 Å². The maximum absolute atomic E-state index is 13.1. The SMILES string of the molecule is CO[C@@H]1CC[C@H](C(=O)NCCc2cccc(F)c2)C[C@H]1NS(C)(=O)=O. The predicted octanol–water partition coefficient (Wildman–Crippen LogP) is 1.22. The number of carbonyl (C=O) groups excluding carboxylic acids is 1. The number of rotatable bonds is 7. The molecule has 1 aliphatic carbocycles. The molecule has 2 rings (SSSR count). The Morgan fingerprint density at radius 3 is 2.76 bits per heavy atom. The second kappa shape index (κ2) is 8.73. The van der Waals surface area contributed by atoms with Crippen molar-refractivity contribution in [2.75, 3.05) is 19.9 Å². The summed E-state index contributed by atoms with van der Waals surface area (Å²) in [7, 11) is -1.83. The lowest BCUT2D eigenvalue weighted by Gasteiger charge is -2.34. The van der Waals surface area contributed by atoms with Crippen molar-refractivity contribution in [3.05, 3.63) is 35.6 Å². The number of halogens is 1. The zero-order valence-corrected chi connectivity index (χ0v) is 15.3. The van der Waals surface area contributed by atoms with Crippen LogP contribution in [0.15, 0.2) is 24.3 Å². The minimum absolute atomic E-state index is 0.105. The van der Waals surface area contributed by atoms with E-state index in [0.29, 0.717) is 32.2 Å². The van der Waals surface area contributed by atoms with Gasteiger partial charge in [0.15, 0.2) is 0 Å². The molecule has 1 aliphatic rings. The highest BCUT2D eigenvalue weighted by Crippen LogP contribution is 2.27. The minimum Gasteiger partial charge on any atom is -0.380 e. The first-order valence-corrected chi connectivity index (χ1v) is 10.2. The van der Waals surface area contributed by atoms with Crippen LogP contribution >= 0.6 is 0 Å². The number of ether oxygens (including phenoxy) is 1. The summed E-state index contributed by atoms with van der Waals surface area (Å²) in [6.07, 6.45) is 3.07. The molecule has 25 heavy (non-hydrogen) atoms. The van der Waals surface area contributed by atoms with E-state index >= 15 is 0 Å². The molecular weight excluding hydrogens is 347 g/mol. The third-order valence-electron chi connectivity index (χ3n) is 4.43. The van der Waals surface area contributed by atoms with Crippen LogP contribution in [0, 0.1) is 11.7 Å². The smallest absolute Gasteiger partial charge is 0.223 e. The maximum Gasteiger partial charge on any atom is 0.223 e. The Morgan fingerprint density at radius 2 is 2.12 bits per heavy atom. The van der Waals surface area contributed by atoms with Crippen LogP contribution in [-0.2, 0) is 26.0 Å². The first-order chi connectivity index (χ1) is 11.8. The van der Waals surface area contributed by atoms with Crippen LogP contribution in [0.1, 0.15) is 24.8 Å². The highest BCUT2D eigenvalue weighted by molar-refractivity contribution is 7.88. The molecule has 0 saturated heterocycles. The zero-order chi connectivity index (χ0) is 18.4. The fourth-order valence-corrected chi connectivity index (χ4v) is 4.03. The van der Waals surface area contributed by atoms with Gasteiger partial charge in [-0.1, -0.05) is 12.1 Å². The Bertz CT molecular complexity index is 696. The van der Waals surface area contributed by atoms with Crippen LogP contribution in [0.5, 0.6) is 0 Å². The molecule has 3 atom stereocenters. The summed E-state index contributed by atoms with van der Waals surface area (Å²) >= 11 is 0. The standard InChI is InChI=1S/C17H25FN2O4S/c1-24-16-7-6-13(11-15(16)20-25(2,22)23)17(21)19-9-8-12-4-3-5-14(18)10-12/h3-5,10,13,15-16,20H,6-9,11H2,1-2H3,(H,19,21)/t13-,15+,16+/m0/s1. The van der Waals surface area contributed by atoms with Gasteiger partial charge in [0, 0.05) is 25.6 Å². The number of nitrogens with one attached hydrogen (secondary N) is 2. The van der Waals surface area contributed by atoms with E-state index < -0.39 is 16.1 Å². The number of methoxy groups -OCH3 is 1. The van der Waals surface area contributed by atoms with Crippen molar-refractivity contribution in [2.24, 2.45) is 5.92 Å². The minimum atomic E-state index is -3.37. The van der Waals surface area contributed by atoms with E-state index in [2.05, 4.69) is 10.0 Å². The first-order valence-electron chi connectivity index (χ1n) is 8.30. The number of sulfonamides is 1. The fourth-order valence-electron chi connectivity index (χ4n) is 3.23. The Balaban J connectivity index is 1.86. The molecule has 140 valence electrons. The van der Waals surface area contributed by atoms with Gasteiger partial charge in [-0.05, 0) is 43.4 Å². The van der Waals surface area contributed by atoms with E-state index in [1.807, 2.05) is 6.07 Å². The van der Waals surface area contributed by atoms with Gasteiger partial charge in [-0.15, -0.1) is 0 Å². The van der Waals surface area contributed by atoms with Crippen LogP contribution in [0.3, 0.4) is 0 Å². The topological polar surface area (TPSA) is 84.5 Å². The lowest BCUT2D eigenvalue weighted by atomic mass is 9.83. The summed E-state index contributed by atoms with van der Waals surface area (Å²) in [6, 6.07) is 5.87. The molecule has 0 spiro atoms. The molecule has 0 aromatic heterocycles. The largest absolute Gasteiger partial charge is 0.380 e. The molecule has 1 aromatic rings. The molecule has 0 radical (unpaired) electrons. The second-order valence-corrected chi connectivity index (χ2v) is 8.23. The molecule has 1 amide bonds. The molecule has 0 aliphatic heterocycles. The summed E-state index contributed by atoms with van der Waals surface area (Å²) in [4.78, 5) is 12.4. The molecule has 1 fully saturated rings. The first kappa shape index (κ1) is 19.8. The highest BCUT2D eigenvalue weighted by atomic mass is 32.2. The Hall–Kier alpha value is -1.51. The van der Waals surface area contributed by atoms with Crippen molar-refractivity contribution in [2.45, 2.75) is 37.8 Å². The Labute approximate surface area is 148 Å². The Kier molecular flexibility index (Phi) is 6.92. The maximum atomic E-state index is 13.1. The number of hydrogen-bond acceptors (Lipinski definition) is 4. The Morgan fingerprint density at radius 1 is 1.36 bits per heavy atom. The molecule has 1 aromatic carbocycles. The van der Waals surface area contributed by atoms with Gasteiger partial charge in [0.2, 0.25) is 15.9 Å². The quantitative estimate of drug-likeness (QED) is 0.754. The number of hydrogen-bond donors (Lipinski definition) is 2. The lowest BCUT2D eigenvalue weighted by molar-refractivity contribution is -0.127. The van der Waals surface area contributed by atoms with E-state index in [0.717, 1.165) is 11.8 Å². The van der Waals surface area contributed by atoms with Crippen LogP contribution < -0.4 is 10.0 Å². The van der Waals surface area contributed by atoms with Crippen molar-refractivity contribution < 1.29 is 22.3 Å². The molecule has 2 N–H and O–H groups in total. The van der Waals surface area contributed by atoms with Gasteiger partial charge in [-0.3, -0.25) is 4.79 Å². The average Bonchev–Trinajstić information content (AvgIpc) is 2.53. The van der Waals surface area contributed by atoms with E-state index in [4.69, 9.17) is 4.74 Å². The van der Waals surface area contributed by atoms with Gasteiger partial charge < -0.3 is 10.1 Å². The van der Waals surface area contributed by atoms with E-state index in [-0.39, 0.29) is 23.7 Å². The average molecular weight is 372 g/mol. The van der Waals surface area contributed by atoms with Crippen molar-refractivity contribution in [3.8, 4) is 0 Å². The van der Waals surface area contributed by atoms with Crippen LogP contribution in [0.2, 0.25) is 0 Å². The molecular formula is C17H25FN2O4S. The predicted molar refractivity (Wildman–Crippen MR) is 93.0 cm³/mol. The fraction of sp³-hybridized carbons (Fsp3) is 0.588. The third kappa shape index (κ3) is 6.37. The van der Waals surface area contributed by atoms with Crippen molar-refractivity contribution in [1.29, 1.82) is 0 Å². The summed E-state index contributed by atoms with van der Waals surface area (Å²) in [6.45, 7) is 0.413. The van der Waals surface area contributed by atoms with Crippen molar-refractivity contribution in [1.82, 2.24) is 10.0 Å². The van der Waals surface area contributed by atoms with Gasteiger partial charge in [0.1, 0.15) is 5.82 Å². The van der Waals surface area contributed by atoms with Crippen LogP contribution in [0.25, 0.3) is 0 Å². The number of amides is 1. The van der Waals surface area contributed by atoms with Crippen molar-refractivity contribution in [3.63, 3.8) is 0 Å². The van der Waals surface area contributed by atoms with E-state index in [9.17, 15) is 17.6 Å². The third-order valence-corrected chi connectivity index (χ3v) is 5.16. The van der Waals surface area contributed by atoms with Gasteiger partial charge in [0.05, 0.1) is 12.4 Å². The normalized spacial score (nSPS) is 24.0. The van der Waals surface area contributed by atoms with Gasteiger partial charge in [-0.2, -0.15) is 0 Å². The monoisotopic (exact) mass is 372 g/mol. The van der Waals surface area contributed by atoms with Crippen molar-refractivity contribution >= 4 is 15.9 Å². The summed E-state index contributed by atoms with van der Waals surface area (Å²) in [5.74, 6) is -0.666. The molecule has 0 heterocycles. The summed E-state index contributed by atoms with van der Waals surface area (Å²) in [5.41, 5.74) is 0.819. The van der Waals surface area contributed by atoms with Crippen LogP contribution in [0.4, 0.5) is 4.39 Å². The molecule has 0 unspecified atom stereocenters. The lowest BCUT2D eigenvalue weighted by Crippen LogP contribution is -2.50. The number of benzene rings is 1. The zero-order valence-electron chi connectivity index (χ0n) is 14.5. The molecule has 6 nitrogen and oxygen atoms in total. The molecule has 8 heteroatoms.